The number of methoxy groups -OCH3 is 1. The van der Waals surface area contributed by atoms with Gasteiger partial charge < -0.3 is 14.8 Å². The van der Waals surface area contributed by atoms with Crippen LogP contribution in [0, 0.1) is 6.92 Å². The molecule has 0 saturated carbocycles. The number of nitrogens with zero attached hydrogens (tertiary/aromatic N) is 1. The molecule has 1 atom stereocenters. The number of aromatic nitrogens is 1. The van der Waals surface area contributed by atoms with Crippen molar-refractivity contribution in [2.75, 3.05) is 7.11 Å². The van der Waals surface area contributed by atoms with Gasteiger partial charge in [-0.25, -0.2) is 4.79 Å². The van der Waals surface area contributed by atoms with E-state index in [1.165, 1.54) is 0 Å². The van der Waals surface area contributed by atoms with Crippen molar-refractivity contribution in [3.8, 4) is 5.75 Å². The fraction of sp³-hybridized carbons (Fsp3) is 0.227. The highest BCUT2D eigenvalue weighted by atomic mass is 16.5. The van der Waals surface area contributed by atoms with Crippen molar-refractivity contribution in [2.45, 2.75) is 26.5 Å². The molecule has 0 aliphatic carbocycles. The molecule has 2 aromatic carbocycles. The number of esters is 1. The van der Waals surface area contributed by atoms with E-state index in [2.05, 4.69) is 10.3 Å². The quantitative estimate of drug-likeness (QED) is 0.665. The highest BCUT2D eigenvalue weighted by Crippen LogP contribution is 2.20. The van der Waals surface area contributed by atoms with Gasteiger partial charge in [0.2, 0.25) is 0 Å². The van der Waals surface area contributed by atoms with Crippen LogP contribution in [-0.4, -0.2) is 30.1 Å². The second-order valence-corrected chi connectivity index (χ2v) is 6.41. The van der Waals surface area contributed by atoms with Gasteiger partial charge in [-0.05, 0) is 32.0 Å². The Morgan fingerprint density at radius 3 is 2.61 bits per heavy atom. The van der Waals surface area contributed by atoms with E-state index >= 15 is 0 Å². The molecule has 6 nitrogen and oxygen atoms in total. The number of hydrogen-bond donors (Lipinski definition) is 1. The summed E-state index contributed by atoms with van der Waals surface area (Å²) in [6.45, 7) is 3.64. The molecule has 0 fully saturated rings. The largest absolute Gasteiger partial charge is 0.496 e. The summed E-state index contributed by atoms with van der Waals surface area (Å²) < 4.78 is 10.7. The van der Waals surface area contributed by atoms with Crippen LogP contribution in [0.15, 0.2) is 54.6 Å². The third kappa shape index (κ3) is 4.28. The molecule has 1 heterocycles. The number of pyridine rings is 1. The number of fused-ring (bicyclic) bond motifs is 1. The van der Waals surface area contributed by atoms with E-state index in [0.29, 0.717) is 27.9 Å². The number of hydrogen-bond acceptors (Lipinski definition) is 5. The third-order valence-electron chi connectivity index (χ3n) is 4.36. The van der Waals surface area contributed by atoms with Gasteiger partial charge in [0.05, 0.1) is 18.2 Å². The predicted octanol–water partition coefficient (Wildman–Crippen LogP) is 3.41. The molecule has 144 valence electrons. The summed E-state index contributed by atoms with van der Waals surface area (Å²) in [5.74, 6) is -0.248. The van der Waals surface area contributed by atoms with Gasteiger partial charge in [0.15, 0.2) is 6.10 Å². The van der Waals surface area contributed by atoms with Crippen molar-refractivity contribution >= 4 is 22.8 Å². The minimum Gasteiger partial charge on any atom is -0.496 e. The standard InChI is InChI=1S/C22H22N2O4/c1-14-12-18(17-9-5-6-10-19(17)24-14)22(26)28-15(2)21(25)23-13-16-8-4-7-11-20(16)27-3/h4-12,15H,13H2,1-3H3,(H,23,25)/t15-/m0/s1. The minimum absolute atomic E-state index is 0.280. The smallest absolute Gasteiger partial charge is 0.339 e. The van der Waals surface area contributed by atoms with Gasteiger partial charge in [-0.1, -0.05) is 36.4 Å². The highest BCUT2D eigenvalue weighted by molar-refractivity contribution is 6.04. The molecule has 0 aliphatic rings. The summed E-state index contributed by atoms with van der Waals surface area (Å²) in [4.78, 5) is 29.4. The van der Waals surface area contributed by atoms with Gasteiger partial charge in [0.1, 0.15) is 5.75 Å². The first-order valence-corrected chi connectivity index (χ1v) is 8.96. The molecule has 3 rings (SSSR count). The lowest BCUT2D eigenvalue weighted by molar-refractivity contribution is -0.129. The summed E-state index contributed by atoms with van der Waals surface area (Å²) in [5, 5.41) is 3.46. The van der Waals surface area contributed by atoms with Gasteiger partial charge in [-0.15, -0.1) is 0 Å². The Labute approximate surface area is 163 Å². The van der Waals surface area contributed by atoms with E-state index in [1.807, 2.05) is 55.5 Å². The molecule has 0 unspecified atom stereocenters. The van der Waals surface area contributed by atoms with Gasteiger partial charge in [-0.3, -0.25) is 9.78 Å². The van der Waals surface area contributed by atoms with Crippen LogP contribution in [0.5, 0.6) is 5.75 Å². The number of para-hydroxylation sites is 2. The lowest BCUT2D eigenvalue weighted by Crippen LogP contribution is -2.35. The number of rotatable bonds is 6. The fourth-order valence-electron chi connectivity index (χ4n) is 2.93. The zero-order valence-corrected chi connectivity index (χ0v) is 16.1. The summed E-state index contributed by atoms with van der Waals surface area (Å²) in [5.41, 5.74) is 2.65. The van der Waals surface area contributed by atoms with Crippen LogP contribution in [0.25, 0.3) is 10.9 Å². The highest BCUT2D eigenvalue weighted by Gasteiger charge is 2.21. The normalized spacial score (nSPS) is 11.7. The maximum atomic E-state index is 12.7. The first-order chi connectivity index (χ1) is 13.5. The molecular weight excluding hydrogens is 356 g/mol. The van der Waals surface area contributed by atoms with Gasteiger partial charge in [0, 0.05) is 23.2 Å². The van der Waals surface area contributed by atoms with Crippen molar-refractivity contribution in [1.29, 1.82) is 0 Å². The Hall–Kier alpha value is -3.41. The molecule has 0 spiro atoms. The van der Waals surface area contributed by atoms with E-state index in [9.17, 15) is 9.59 Å². The second-order valence-electron chi connectivity index (χ2n) is 6.41. The number of nitrogens with one attached hydrogen (secondary N) is 1. The Morgan fingerprint density at radius 2 is 1.82 bits per heavy atom. The Balaban J connectivity index is 1.68. The van der Waals surface area contributed by atoms with Crippen LogP contribution in [0.4, 0.5) is 0 Å². The average Bonchev–Trinajstić information content (AvgIpc) is 2.71. The first kappa shape index (κ1) is 19.4. The number of carbonyl (C=O) groups excluding carboxylic acids is 2. The summed E-state index contributed by atoms with van der Waals surface area (Å²) in [6, 6.07) is 16.4. The number of ether oxygens (including phenoxy) is 2. The topological polar surface area (TPSA) is 77.5 Å². The zero-order valence-electron chi connectivity index (χ0n) is 16.1. The van der Waals surface area contributed by atoms with E-state index in [1.54, 1.807) is 20.1 Å². The number of benzene rings is 2. The molecule has 1 amide bonds. The van der Waals surface area contributed by atoms with Crippen LogP contribution in [0.1, 0.15) is 28.5 Å². The average molecular weight is 378 g/mol. The summed E-state index contributed by atoms with van der Waals surface area (Å²) in [7, 11) is 1.58. The van der Waals surface area contributed by atoms with Crippen LogP contribution in [-0.2, 0) is 16.1 Å². The Bertz CT molecular complexity index is 1020. The van der Waals surface area contributed by atoms with E-state index < -0.39 is 12.1 Å². The van der Waals surface area contributed by atoms with Crippen LogP contribution in [0.3, 0.4) is 0 Å². The molecule has 0 radical (unpaired) electrons. The van der Waals surface area contributed by atoms with Crippen LogP contribution in [0.2, 0.25) is 0 Å². The molecule has 0 aliphatic heterocycles. The van der Waals surface area contributed by atoms with Crippen molar-refractivity contribution in [2.24, 2.45) is 0 Å². The molecule has 28 heavy (non-hydrogen) atoms. The number of amides is 1. The number of carbonyl (C=O) groups is 2. The summed E-state index contributed by atoms with van der Waals surface area (Å²) in [6.07, 6.45) is -0.936. The van der Waals surface area contributed by atoms with Gasteiger partial charge >= 0.3 is 5.97 Å². The fourth-order valence-corrected chi connectivity index (χ4v) is 2.93. The van der Waals surface area contributed by atoms with Crippen molar-refractivity contribution in [3.63, 3.8) is 0 Å². The molecule has 0 saturated heterocycles. The molecule has 6 heteroatoms. The molecule has 3 aromatic rings. The SMILES string of the molecule is COc1ccccc1CNC(=O)[C@H](C)OC(=O)c1cc(C)nc2ccccc12. The van der Waals surface area contributed by atoms with Crippen LogP contribution >= 0.6 is 0 Å². The zero-order chi connectivity index (χ0) is 20.1. The second kappa shape index (κ2) is 8.52. The monoisotopic (exact) mass is 378 g/mol. The number of aryl methyl sites for hydroxylation is 1. The molecule has 1 aromatic heterocycles. The lowest BCUT2D eigenvalue weighted by atomic mass is 10.1. The van der Waals surface area contributed by atoms with Gasteiger partial charge in [-0.2, -0.15) is 0 Å². The van der Waals surface area contributed by atoms with Crippen molar-refractivity contribution in [1.82, 2.24) is 10.3 Å². The lowest BCUT2D eigenvalue weighted by Gasteiger charge is -2.15. The maximum Gasteiger partial charge on any atom is 0.339 e. The van der Waals surface area contributed by atoms with Crippen molar-refractivity contribution in [3.05, 3.63) is 71.4 Å². The molecular formula is C22H22N2O4. The maximum absolute atomic E-state index is 12.7. The van der Waals surface area contributed by atoms with Crippen LogP contribution < -0.4 is 10.1 Å². The first-order valence-electron chi connectivity index (χ1n) is 8.96. The molecule has 1 N–H and O–H groups in total. The van der Waals surface area contributed by atoms with E-state index in [-0.39, 0.29) is 12.5 Å². The molecule has 0 bridgehead atoms. The summed E-state index contributed by atoms with van der Waals surface area (Å²) >= 11 is 0. The van der Waals surface area contributed by atoms with Gasteiger partial charge in [0.25, 0.3) is 5.91 Å². The Morgan fingerprint density at radius 1 is 1.11 bits per heavy atom. The van der Waals surface area contributed by atoms with Crippen molar-refractivity contribution < 1.29 is 19.1 Å². The third-order valence-corrected chi connectivity index (χ3v) is 4.36. The predicted molar refractivity (Wildman–Crippen MR) is 106 cm³/mol. The minimum atomic E-state index is -0.936. The van der Waals surface area contributed by atoms with E-state index in [0.717, 1.165) is 5.56 Å². The Kier molecular flexibility index (Phi) is 5.89. The van der Waals surface area contributed by atoms with E-state index in [4.69, 9.17) is 9.47 Å².